The van der Waals surface area contributed by atoms with E-state index in [1.807, 2.05) is 0 Å². The van der Waals surface area contributed by atoms with Crippen molar-refractivity contribution in [3.63, 3.8) is 0 Å². The third kappa shape index (κ3) is 4.89. The van der Waals surface area contributed by atoms with Gasteiger partial charge in [0.1, 0.15) is 0 Å². The average Bonchev–Trinajstić information content (AvgIpc) is 2.27. The van der Waals surface area contributed by atoms with Gasteiger partial charge in [-0.1, -0.05) is 0 Å². The van der Waals surface area contributed by atoms with E-state index in [9.17, 15) is 22.4 Å². The van der Waals surface area contributed by atoms with Gasteiger partial charge in [-0.05, 0) is 20.8 Å². The molecule has 0 aromatic carbocycles. The zero-order chi connectivity index (χ0) is 13.6. The molecule has 0 heterocycles. The summed E-state index contributed by atoms with van der Waals surface area (Å²) in [5.74, 6) is -4.49. The summed E-state index contributed by atoms with van der Waals surface area (Å²) in [6, 6.07) is -0.903. The highest BCUT2D eigenvalue weighted by Gasteiger charge is 2.40. The number of halogens is 4. The summed E-state index contributed by atoms with van der Waals surface area (Å²) in [4.78, 5) is 13.1. The standard InChI is InChI=1S/C10H18F4N2O/c1-4-16(5-2)8(17)7(3)15-6-10(13,14)9(11)12/h7,9,15H,4-6H2,1-3H3. The summed E-state index contributed by atoms with van der Waals surface area (Å²) in [6.45, 7) is 4.57. The summed E-state index contributed by atoms with van der Waals surface area (Å²) in [5, 5.41) is 2.13. The highest BCUT2D eigenvalue weighted by Crippen LogP contribution is 2.21. The molecule has 1 atom stereocenters. The Morgan fingerprint density at radius 3 is 2.12 bits per heavy atom. The third-order valence-corrected chi connectivity index (χ3v) is 2.41. The van der Waals surface area contributed by atoms with E-state index < -0.39 is 24.9 Å². The Hall–Kier alpha value is -0.850. The minimum atomic E-state index is -4.11. The van der Waals surface area contributed by atoms with Gasteiger partial charge in [0.05, 0.1) is 12.6 Å². The van der Waals surface area contributed by atoms with Gasteiger partial charge in [-0.25, -0.2) is 8.78 Å². The molecule has 0 saturated heterocycles. The van der Waals surface area contributed by atoms with E-state index in [-0.39, 0.29) is 5.91 Å². The van der Waals surface area contributed by atoms with Crippen LogP contribution >= 0.6 is 0 Å². The topological polar surface area (TPSA) is 32.3 Å². The minimum Gasteiger partial charge on any atom is -0.342 e. The van der Waals surface area contributed by atoms with E-state index >= 15 is 0 Å². The fourth-order valence-corrected chi connectivity index (χ4v) is 1.26. The van der Waals surface area contributed by atoms with E-state index in [1.165, 1.54) is 11.8 Å². The zero-order valence-electron chi connectivity index (χ0n) is 10.1. The largest absolute Gasteiger partial charge is 0.342 e. The lowest BCUT2D eigenvalue weighted by Gasteiger charge is -2.25. The van der Waals surface area contributed by atoms with Crippen LogP contribution in [0.4, 0.5) is 17.6 Å². The van der Waals surface area contributed by atoms with Crippen molar-refractivity contribution in [2.75, 3.05) is 19.6 Å². The Morgan fingerprint density at radius 2 is 1.76 bits per heavy atom. The summed E-state index contributed by atoms with van der Waals surface area (Å²) in [5.41, 5.74) is 0. The number of amides is 1. The maximum Gasteiger partial charge on any atom is 0.319 e. The van der Waals surface area contributed by atoms with Crippen LogP contribution in [0, 0.1) is 0 Å². The van der Waals surface area contributed by atoms with Crippen molar-refractivity contribution in [2.45, 2.75) is 39.2 Å². The van der Waals surface area contributed by atoms with Crippen molar-refractivity contribution < 1.29 is 22.4 Å². The number of hydrogen-bond donors (Lipinski definition) is 1. The number of hydrogen-bond acceptors (Lipinski definition) is 2. The summed E-state index contributed by atoms with van der Waals surface area (Å²) in [7, 11) is 0. The summed E-state index contributed by atoms with van der Waals surface area (Å²) < 4.78 is 48.9. The highest BCUT2D eigenvalue weighted by atomic mass is 19.3. The van der Waals surface area contributed by atoms with Gasteiger partial charge in [0, 0.05) is 13.1 Å². The van der Waals surface area contributed by atoms with Crippen molar-refractivity contribution in [1.82, 2.24) is 10.2 Å². The van der Waals surface area contributed by atoms with Gasteiger partial charge in [0.25, 0.3) is 0 Å². The number of alkyl halides is 4. The SMILES string of the molecule is CCN(CC)C(=O)C(C)NCC(F)(F)C(F)F. The molecule has 0 spiro atoms. The first-order valence-electron chi connectivity index (χ1n) is 5.44. The molecule has 1 unspecified atom stereocenters. The molecule has 0 aromatic rings. The maximum atomic E-state index is 12.6. The molecule has 1 N–H and O–H groups in total. The minimum absolute atomic E-state index is 0.375. The van der Waals surface area contributed by atoms with Crippen molar-refractivity contribution in [3.8, 4) is 0 Å². The van der Waals surface area contributed by atoms with Crippen LogP contribution in [0.15, 0.2) is 0 Å². The molecule has 0 rings (SSSR count). The number of nitrogens with zero attached hydrogens (tertiary/aromatic N) is 1. The lowest BCUT2D eigenvalue weighted by atomic mass is 10.2. The molecule has 0 aliphatic rings. The first-order valence-corrected chi connectivity index (χ1v) is 5.44. The molecule has 17 heavy (non-hydrogen) atoms. The number of likely N-dealkylation sites (N-methyl/N-ethyl adjacent to an activating group) is 1. The number of rotatable bonds is 7. The molecular weight excluding hydrogens is 240 g/mol. The van der Waals surface area contributed by atoms with Gasteiger partial charge < -0.3 is 10.2 Å². The van der Waals surface area contributed by atoms with Crippen LogP contribution in [-0.4, -0.2) is 48.8 Å². The van der Waals surface area contributed by atoms with E-state index in [2.05, 4.69) is 5.32 Å². The van der Waals surface area contributed by atoms with Gasteiger partial charge in [-0.3, -0.25) is 4.79 Å². The molecule has 0 aliphatic heterocycles. The molecule has 1 amide bonds. The van der Waals surface area contributed by atoms with Gasteiger partial charge in [0.2, 0.25) is 5.91 Å². The Bertz CT molecular complexity index is 244. The van der Waals surface area contributed by atoms with Crippen LogP contribution in [0.1, 0.15) is 20.8 Å². The van der Waals surface area contributed by atoms with Crippen LogP contribution in [0.25, 0.3) is 0 Å². The first kappa shape index (κ1) is 16.1. The summed E-state index contributed by atoms with van der Waals surface area (Å²) >= 11 is 0. The average molecular weight is 258 g/mol. The van der Waals surface area contributed by atoms with E-state index in [4.69, 9.17) is 0 Å². The van der Waals surface area contributed by atoms with Crippen LogP contribution in [0.5, 0.6) is 0 Å². The quantitative estimate of drug-likeness (QED) is 0.705. The third-order valence-electron chi connectivity index (χ3n) is 2.41. The molecule has 0 aliphatic carbocycles. The number of carbonyl (C=O) groups excluding carboxylic acids is 1. The van der Waals surface area contributed by atoms with E-state index in [1.54, 1.807) is 13.8 Å². The molecule has 0 saturated carbocycles. The molecule has 0 radical (unpaired) electrons. The van der Waals surface area contributed by atoms with Crippen LogP contribution < -0.4 is 5.32 Å². The molecule has 7 heteroatoms. The molecular formula is C10H18F4N2O. The van der Waals surface area contributed by atoms with Crippen molar-refractivity contribution in [3.05, 3.63) is 0 Å². The number of carbonyl (C=O) groups is 1. The molecule has 0 aromatic heterocycles. The predicted molar refractivity (Wildman–Crippen MR) is 56.3 cm³/mol. The molecule has 102 valence electrons. The number of nitrogens with one attached hydrogen (secondary N) is 1. The van der Waals surface area contributed by atoms with Crippen molar-refractivity contribution >= 4 is 5.91 Å². The second kappa shape index (κ2) is 6.78. The fourth-order valence-electron chi connectivity index (χ4n) is 1.26. The Labute approximate surface area is 98.2 Å². The van der Waals surface area contributed by atoms with Crippen LogP contribution in [-0.2, 0) is 4.79 Å². The fraction of sp³-hybridized carbons (Fsp3) is 0.900. The van der Waals surface area contributed by atoms with Gasteiger partial charge in [-0.2, -0.15) is 8.78 Å². The predicted octanol–water partition coefficient (Wildman–Crippen LogP) is 1.73. The maximum absolute atomic E-state index is 12.6. The van der Waals surface area contributed by atoms with Crippen LogP contribution in [0.3, 0.4) is 0 Å². The van der Waals surface area contributed by atoms with E-state index in [0.717, 1.165) is 0 Å². The van der Waals surface area contributed by atoms with Crippen molar-refractivity contribution in [1.29, 1.82) is 0 Å². The Kier molecular flexibility index (Phi) is 6.44. The normalized spacial score (nSPS) is 13.9. The lowest BCUT2D eigenvalue weighted by Crippen LogP contribution is -2.49. The van der Waals surface area contributed by atoms with Gasteiger partial charge in [0.15, 0.2) is 0 Å². The smallest absolute Gasteiger partial charge is 0.319 e. The molecule has 0 fully saturated rings. The lowest BCUT2D eigenvalue weighted by molar-refractivity contribution is -0.137. The monoisotopic (exact) mass is 258 g/mol. The first-order chi connectivity index (χ1) is 7.76. The molecule has 3 nitrogen and oxygen atoms in total. The molecule has 0 bridgehead atoms. The Morgan fingerprint density at radius 1 is 1.29 bits per heavy atom. The van der Waals surface area contributed by atoms with Gasteiger partial charge in [-0.15, -0.1) is 0 Å². The van der Waals surface area contributed by atoms with Gasteiger partial charge >= 0.3 is 12.3 Å². The van der Waals surface area contributed by atoms with Crippen LogP contribution in [0.2, 0.25) is 0 Å². The summed E-state index contributed by atoms with van der Waals surface area (Å²) in [6.07, 6.45) is -3.73. The highest BCUT2D eigenvalue weighted by molar-refractivity contribution is 5.81. The van der Waals surface area contributed by atoms with E-state index in [0.29, 0.717) is 13.1 Å². The zero-order valence-corrected chi connectivity index (χ0v) is 10.1. The van der Waals surface area contributed by atoms with Crippen molar-refractivity contribution in [2.24, 2.45) is 0 Å². The Balaban J connectivity index is 4.27. The second-order valence-electron chi connectivity index (χ2n) is 3.67. The second-order valence-corrected chi connectivity index (χ2v) is 3.67.